The summed E-state index contributed by atoms with van der Waals surface area (Å²) >= 11 is 4.22. The van der Waals surface area contributed by atoms with Gasteiger partial charge in [-0.1, -0.05) is 11.6 Å². The van der Waals surface area contributed by atoms with Crippen molar-refractivity contribution in [1.29, 1.82) is 0 Å². The van der Waals surface area contributed by atoms with Crippen LogP contribution < -0.4 is 0 Å². The van der Waals surface area contributed by atoms with E-state index >= 15 is 0 Å². The molecule has 0 amide bonds. The van der Waals surface area contributed by atoms with Gasteiger partial charge in [0.15, 0.2) is 0 Å². The Morgan fingerprint density at radius 1 is 0.625 bits per heavy atom. The van der Waals surface area contributed by atoms with Gasteiger partial charge in [0.05, 0.1) is 0 Å². The zero-order valence-electron chi connectivity index (χ0n) is 7.78. The standard InChI is InChI=1S/C3H3ClF4.C3H3F5/c2*1-2(4,5)3(6,7)8/h2*1H3. The first-order valence-electron chi connectivity index (χ1n) is 3.39. The van der Waals surface area contributed by atoms with Crippen LogP contribution in [0.2, 0.25) is 0 Å². The van der Waals surface area contributed by atoms with Crippen molar-refractivity contribution in [3.63, 3.8) is 0 Å². The van der Waals surface area contributed by atoms with Gasteiger partial charge in [0.25, 0.3) is 5.13 Å². The average molecular weight is 285 g/mol. The highest BCUT2D eigenvalue weighted by atomic mass is 35.5. The fourth-order valence-electron chi connectivity index (χ4n) is 0. The van der Waals surface area contributed by atoms with E-state index in [1.165, 1.54) is 0 Å². The third-order valence-corrected chi connectivity index (χ3v) is 1.21. The molecule has 0 radical (unpaired) electrons. The first kappa shape index (κ1) is 18.0. The molecule has 0 aromatic heterocycles. The molecule has 0 aliphatic heterocycles. The van der Waals surface area contributed by atoms with Crippen LogP contribution in [0, 0.1) is 0 Å². The Bertz CT molecular complexity index is 154. The Labute approximate surface area is 89.4 Å². The molecular formula is C6H6ClF9. The van der Waals surface area contributed by atoms with Crippen LogP contribution in [0.3, 0.4) is 0 Å². The van der Waals surface area contributed by atoms with Crippen LogP contribution in [0.5, 0.6) is 0 Å². The molecule has 0 aromatic carbocycles. The first-order chi connectivity index (χ1) is 6.50. The van der Waals surface area contributed by atoms with Crippen LogP contribution in [0.1, 0.15) is 13.8 Å². The SMILES string of the molecule is CC(F)(Cl)C(F)(F)F.CC(F)(F)C(F)(F)F. The molecule has 0 aliphatic carbocycles. The van der Waals surface area contributed by atoms with Crippen molar-refractivity contribution in [1.82, 2.24) is 0 Å². The Morgan fingerprint density at radius 2 is 0.750 bits per heavy atom. The van der Waals surface area contributed by atoms with Crippen LogP contribution in [0.25, 0.3) is 0 Å². The van der Waals surface area contributed by atoms with Gasteiger partial charge in [-0.3, -0.25) is 0 Å². The van der Waals surface area contributed by atoms with Gasteiger partial charge in [0.2, 0.25) is 0 Å². The highest BCUT2D eigenvalue weighted by Crippen LogP contribution is 2.36. The summed E-state index contributed by atoms with van der Waals surface area (Å²) in [6, 6.07) is 0. The van der Waals surface area contributed by atoms with E-state index in [2.05, 4.69) is 11.6 Å². The molecule has 0 aromatic rings. The average Bonchev–Trinajstić information content (AvgIpc) is 1.77. The lowest BCUT2D eigenvalue weighted by Crippen LogP contribution is -2.32. The summed E-state index contributed by atoms with van der Waals surface area (Å²) < 4.78 is 99.3. The molecule has 0 bridgehead atoms. The molecule has 0 rings (SSSR count). The Hall–Kier alpha value is -0.340. The molecule has 0 fully saturated rings. The second-order valence-corrected chi connectivity index (χ2v) is 3.48. The van der Waals surface area contributed by atoms with Crippen LogP contribution in [0.4, 0.5) is 39.5 Å². The minimum Gasteiger partial charge on any atom is -0.216 e. The van der Waals surface area contributed by atoms with Crippen molar-refractivity contribution in [2.24, 2.45) is 0 Å². The van der Waals surface area contributed by atoms with E-state index in [4.69, 9.17) is 0 Å². The fourth-order valence-corrected chi connectivity index (χ4v) is 0. The van der Waals surface area contributed by atoms with E-state index in [-0.39, 0.29) is 13.8 Å². The second kappa shape index (κ2) is 4.89. The Morgan fingerprint density at radius 3 is 0.750 bits per heavy atom. The predicted molar refractivity (Wildman–Crippen MR) is 38.1 cm³/mol. The second-order valence-electron chi connectivity index (χ2n) is 2.77. The van der Waals surface area contributed by atoms with E-state index in [1.54, 1.807) is 0 Å². The number of hydrogen-bond acceptors (Lipinski definition) is 0. The lowest BCUT2D eigenvalue weighted by Gasteiger charge is -2.14. The molecule has 100 valence electrons. The molecule has 0 N–H and O–H groups in total. The molecule has 16 heavy (non-hydrogen) atoms. The summed E-state index contributed by atoms with van der Waals surface area (Å²) in [5.74, 6) is -4.56. The smallest absolute Gasteiger partial charge is 0.216 e. The number of halogens is 10. The van der Waals surface area contributed by atoms with E-state index in [1.807, 2.05) is 0 Å². The zero-order chi connectivity index (χ0) is 14.0. The predicted octanol–water partition coefficient (Wildman–Crippen LogP) is 4.68. The van der Waals surface area contributed by atoms with Gasteiger partial charge in [-0.15, -0.1) is 0 Å². The number of alkyl halides is 10. The van der Waals surface area contributed by atoms with Gasteiger partial charge < -0.3 is 0 Å². The number of hydrogen-bond donors (Lipinski definition) is 0. The minimum atomic E-state index is -5.40. The largest absolute Gasteiger partial charge is 0.452 e. The topological polar surface area (TPSA) is 0 Å². The molecule has 0 saturated carbocycles. The quantitative estimate of drug-likeness (QED) is 0.448. The first-order valence-corrected chi connectivity index (χ1v) is 3.77. The van der Waals surface area contributed by atoms with Crippen molar-refractivity contribution < 1.29 is 39.5 Å². The maximum atomic E-state index is 11.5. The molecular weight excluding hydrogens is 279 g/mol. The fraction of sp³-hybridized carbons (Fsp3) is 1.00. The van der Waals surface area contributed by atoms with Crippen LogP contribution in [-0.2, 0) is 0 Å². The van der Waals surface area contributed by atoms with Gasteiger partial charge >= 0.3 is 18.3 Å². The van der Waals surface area contributed by atoms with E-state index in [9.17, 15) is 39.5 Å². The zero-order valence-corrected chi connectivity index (χ0v) is 8.54. The summed E-state index contributed by atoms with van der Waals surface area (Å²) in [7, 11) is 0. The lowest BCUT2D eigenvalue weighted by atomic mass is 10.4. The summed E-state index contributed by atoms with van der Waals surface area (Å²) in [4.78, 5) is 0. The third-order valence-electron chi connectivity index (χ3n) is 0.996. The molecule has 10 heteroatoms. The summed E-state index contributed by atoms with van der Waals surface area (Å²) in [5.41, 5.74) is 0. The normalized spacial score (nSPS) is 17.2. The molecule has 1 unspecified atom stereocenters. The monoisotopic (exact) mass is 284 g/mol. The van der Waals surface area contributed by atoms with Crippen LogP contribution in [0.15, 0.2) is 0 Å². The molecule has 0 saturated heterocycles. The lowest BCUT2D eigenvalue weighted by molar-refractivity contribution is -0.273. The van der Waals surface area contributed by atoms with Gasteiger partial charge in [-0.05, 0) is 6.92 Å². The molecule has 0 heterocycles. The van der Waals surface area contributed by atoms with E-state index in [0.717, 1.165) is 0 Å². The summed E-state index contributed by atoms with van der Waals surface area (Å²) in [6.07, 6.45) is -10.4. The molecule has 0 spiro atoms. The molecule has 0 aliphatic rings. The summed E-state index contributed by atoms with van der Waals surface area (Å²) in [6.45, 7) is 0.0571. The van der Waals surface area contributed by atoms with Gasteiger partial charge in [0, 0.05) is 6.92 Å². The van der Waals surface area contributed by atoms with Crippen LogP contribution >= 0.6 is 11.6 Å². The Balaban J connectivity index is 0. The van der Waals surface area contributed by atoms with Gasteiger partial charge in [-0.2, -0.15) is 35.1 Å². The molecule has 1 atom stereocenters. The van der Waals surface area contributed by atoms with E-state index in [0.29, 0.717) is 0 Å². The minimum absolute atomic E-state index is 0.188. The maximum absolute atomic E-state index is 11.5. The van der Waals surface area contributed by atoms with Crippen molar-refractivity contribution in [2.45, 2.75) is 37.3 Å². The maximum Gasteiger partial charge on any atom is 0.452 e. The highest BCUT2D eigenvalue weighted by molar-refractivity contribution is 6.23. The van der Waals surface area contributed by atoms with Crippen molar-refractivity contribution in [2.75, 3.05) is 0 Å². The van der Waals surface area contributed by atoms with E-state index < -0.39 is 23.4 Å². The van der Waals surface area contributed by atoms with Crippen molar-refractivity contribution in [3.8, 4) is 0 Å². The van der Waals surface area contributed by atoms with Gasteiger partial charge in [-0.25, -0.2) is 4.39 Å². The van der Waals surface area contributed by atoms with Crippen molar-refractivity contribution in [3.05, 3.63) is 0 Å². The molecule has 0 nitrogen and oxygen atoms in total. The number of rotatable bonds is 0. The highest BCUT2D eigenvalue weighted by Gasteiger charge is 2.53. The Kier molecular flexibility index (Phi) is 5.51. The third kappa shape index (κ3) is 7.02. The van der Waals surface area contributed by atoms with Gasteiger partial charge in [0.1, 0.15) is 0 Å². The van der Waals surface area contributed by atoms with Crippen molar-refractivity contribution >= 4 is 11.6 Å². The summed E-state index contributed by atoms with van der Waals surface area (Å²) in [5, 5.41) is -3.59. The van der Waals surface area contributed by atoms with Crippen LogP contribution in [-0.4, -0.2) is 23.4 Å².